The van der Waals surface area contributed by atoms with Crippen LogP contribution in [0.5, 0.6) is 28.7 Å². The van der Waals surface area contributed by atoms with E-state index in [0.717, 1.165) is 29.4 Å². The number of methoxy groups -OCH3 is 3. The Morgan fingerprint density at radius 1 is 0.574 bits per heavy atom. The largest absolute Gasteiger partial charge is 0.493 e. The molecule has 374 valence electrons. The number of rotatable bonds is 11. The van der Waals surface area contributed by atoms with E-state index in [0.29, 0.717) is 28.4 Å². The summed E-state index contributed by atoms with van der Waals surface area (Å²) < 4.78 is 88.2. The molecule has 11 heteroatoms. The van der Waals surface area contributed by atoms with E-state index in [2.05, 4.69) is 55.8 Å². The topological polar surface area (TPSA) is 46.2 Å². The molecular formula is C57H74ClF5O5. The molecule has 0 radical (unpaired) electrons. The van der Waals surface area contributed by atoms with Crippen LogP contribution >= 0.6 is 11.6 Å². The highest BCUT2D eigenvalue weighted by Crippen LogP contribution is 2.37. The highest BCUT2D eigenvalue weighted by molar-refractivity contribution is 6.30. The number of ether oxygens (including phenoxy) is 5. The second kappa shape index (κ2) is 32.9. The van der Waals surface area contributed by atoms with Crippen LogP contribution in [0.2, 0.25) is 5.02 Å². The minimum atomic E-state index is -3.77. The first-order valence-electron chi connectivity index (χ1n) is 22.0. The molecule has 0 aliphatic rings. The quantitative estimate of drug-likeness (QED) is 0.121. The third-order valence-corrected chi connectivity index (χ3v) is 9.61. The lowest BCUT2D eigenvalue weighted by Crippen LogP contribution is -2.34. The second-order valence-corrected chi connectivity index (χ2v) is 16.4. The van der Waals surface area contributed by atoms with Crippen molar-refractivity contribution in [1.29, 1.82) is 0 Å². The summed E-state index contributed by atoms with van der Waals surface area (Å²) in [4.78, 5) is 0. The molecule has 0 fully saturated rings. The van der Waals surface area contributed by atoms with Gasteiger partial charge >= 0.3 is 6.11 Å². The van der Waals surface area contributed by atoms with Gasteiger partial charge < -0.3 is 23.7 Å². The van der Waals surface area contributed by atoms with E-state index in [9.17, 15) is 22.0 Å². The zero-order chi connectivity index (χ0) is 50.7. The molecule has 0 aromatic heterocycles. The van der Waals surface area contributed by atoms with Gasteiger partial charge in [-0.2, -0.15) is 8.78 Å². The fraction of sp³-hybridized carbons (Fsp3) is 0.368. The molecule has 0 aliphatic heterocycles. The molecule has 0 amide bonds. The Kier molecular flexibility index (Phi) is 30.1. The zero-order valence-electron chi connectivity index (χ0n) is 41.6. The van der Waals surface area contributed by atoms with E-state index in [1.54, 1.807) is 65.5 Å². The average molecular weight is 970 g/mol. The maximum Gasteiger partial charge on any atom is 0.429 e. The third kappa shape index (κ3) is 24.9. The molecule has 0 bridgehead atoms. The van der Waals surface area contributed by atoms with Crippen molar-refractivity contribution in [2.45, 2.75) is 121 Å². The van der Waals surface area contributed by atoms with Gasteiger partial charge in [0.2, 0.25) is 11.9 Å². The number of alkyl halides is 3. The highest BCUT2D eigenvalue weighted by Gasteiger charge is 2.39. The number of aryl methyl sites for hydroxylation is 8. The number of hydrogen-bond donors (Lipinski definition) is 0. The Balaban J connectivity index is 0.000000795. The van der Waals surface area contributed by atoms with Crippen molar-refractivity contribution in [3.8, 4) is 28.7 Å². The van der Waals surface area contributed by atoms with E-state index in [1.807, 2.05) is 71.0 Å². The Bertz CT molecular complexity index is 2250. The summed E-state index contributed by atoms with van der Waals surface area (Å²) in [7, 11) is 4.81. The van der Waals surface area contributed by atoms with Gasteiger partial charge in [0.1, 0.15) is 23.1 Å². The van der Waals surface area contributed by atoms with Gasteiger partial charge in [0.05, 0.1) is 32.5 Å². The summed E-state index contributed by atoms with van der Waals surface area (Å²) in [5, 5.41) is 0.190. The molecule has 0 aliphatic carbocycles. The number of benzene rings is 6. The molecule has 0 heterocycles. The van der Waals surface area contributed by atoms with Crippen molar-refractivity contribution >= 4 is 11.6 Å². The van der Waals surface area contributed by atoms with Crippen LogP contribution < -0.4 is 23.7 Å². The predicted molar refractivity (Wildman–Crippen MR) is 274 cm³/mol. The van der Waals surface area contributed by atoms with Crippen molar-refractivity contribution in [2.24, 2.45) is 0 Å². The van der Waals surface area contributed by atoms with Crippen LogP contribution in [0.25, 0.3) is 0 Å². The molecule has 6 aromatic carbocycles. The van der Waals surface area contributed by atoms with Crippen LogP contribution in [0.3, 0.4) is 0 Å². The van der Waals surface area contributed by atoms with Gasteiger partial charge in [-0.15, -0.1) is 0 Å². The van der Waals surface area contributed by atoms with Crippen LogP contribution in [0.15, 0.2) is 121 Å². The van der Waals surface area contributed by atoms with Gasteiger partial charge in [0, 0.05) is 0 Å². The van der Waals surface area contributed by atoms with E-state index >= 15 is 0 Å². The molecule has 1 unspecified atom stereocenters. The monoisotopic (exact) mass is 969 g/mol. The van der Waals surface area contributed by atoms with Crippen LogP contribution in [0, 0.1) is 60.1 Å². The molecule has 5 nitrogen and oxygen atoms in total. The minimum Gasteiger partial charge on any atom is -0.493 e. The summed E-state index contributed by atoms with van der Waals surface area (Å²) in [5.41, 5.74) is 8.33. The van der Waals surface area contributed by atoms with Crippen LogP contribution in [-0.4, -0.2) is 39.7 Å². The first-order valence-corrected chi connectivity index (χ1v) is 22.4. The molecule has 0 spiro atoms. The van der Waals surface area contributed by atoms with Gasteiger partial charge in [-0.05, 0) is 164 Å². The minimum absolute atomic E-state index is 0. The molecule has 6 aromatic rings. The number of unbranched alkanes of at least 4 members (excludes halogenated alkanes) is 1. The number of halogens is 6. The first kappa shape index (κ1) is 62.3. The first-order chi connectivity index (χ1) is 31.6. The number of hydrogen-bond acceptors (Lipinski definition) is 5. The van der Waals surface area contributed by atoms with Crippen molar-refractivity contribution in [3.05, 3.63) is 182 Å². The normalized spacial score (nSPS) is 10.5. The van der Waals surface area contributed by atoms with Crippen LogP contribution in [0.1, 0.15) is 92.5 Å². The van der Waals surface area contributed by atoms with Gasteiger partial charge in [0.25, 0.3) is 0 Å². The van der Waals surface area contributed by atoms with Gasteiger partial charge in [-0.25, -0.2) is 13.2 Å². The highest BCUT2D eigenvalue weighted by atomic mass is 35.5. The van der Waals surface area contributed by atoms with Crippen LogP contribution in [0.4, 0.5) is 22.0 Å². The summed E-state index contributed by atoms with van der Waals surface area (Å²) in [5.74, 6) is 2.51. The summed E-state index contributed by atoms with van der Waals surface area (Å²) in [6.07, 6.45) is -2.01. The van der Waals surface area contributed by atoms with E-state index in [1.165, 1.54) is 60.2 Å². The average Bonchev–Trinajstić information content (AvgIpc) is 3.28. The Labute approximate surface area is 409 Å². The molecule has 0 saturated heterocycles. The standard InChI is InChI=1S/C11H16.C10H11F3O.C10H14O3.C10H14O.C8H9F.C7H6ClF.CH4/c1-3-4-5-11-8-6-10(2)7-9-11;1-7-3-5-9(6-4-7)14-10(12,13)8(2)11;1-7-5-8(11-2)10(13-4)9(6-7)12-3;1-8(2)11-10-6-4-5-9(3)7-10;1-6-3-4-7(2)8(9)5-6;1-5-3-2-4-6(8)7(5)9;/h6-9H,3-5H2,1-2H3;3-6,8H,1-2H3;5-6H,1-4H3;4-8H,1-3H3;3-5H,1-2H3;2-4H,1H3;1H4. The lowest BCUT2D eigenvalue weighted by molar-refractivity contribution is -0.215. The fourth-order valence-corrected chi connectivity index (χ4v) is 5.68. The molecule has 1 atom stereocenters. The SMILES string of the molecule is C.CCCCc1ccc(C)cc1.COc1cc(C)cc(OC)c1OC.Cc1ccc(C)c(F)c1.Cc1ccc(OC(F)(F)C(C)F)cc1.Cc1cccc(Cl)c1F.Cc1cccc(OC(C)C)c1. The fourth-order valence-electron chi connectivity index (χ4n) is 5.46. The zero-order valence-corrected chi connectivity index (χ0v) is 42.4. The maximum atomic E-state index is 12.7. The Morgan fingerprint density at radius 3 is 1.51 bits per heavy atom. The molecular weight excluding hydrogens is 895 g/mol. The Hall–Kier alpha value is -5.74. The summed E-state index contributed by atoms with van der Waals surface area (Å²) >= 11 is 5.44. The lowest BCUT2D eigenvalue weighted by atomic mass is 10.1. The predicted octanol–water partition coefficient (Wildman–Crippen LogP) is 17.3. The maximum absolute atomic E-state index is 12.7. The molecule has 0 saturated carbocycles. The second-order valence-electron chi connectivity index (χ2n) is 16.0. The van der Waals surface area contributed by atoms with E-state index in [-0.39, 0.29) is 35.9 Å². The summed E-state index contributed by atoms with van der Waals surface area (Å²) in [6, 6.07) is 36.9. The third-order valence-electron chi connectivity index (χ3n) is 9.32. The molecule has 68 heavy (non-hydrogen) atoms. The Morgan fingerprint density at radius 2 is 1.09 bits per heavy atom. The van der Waals surface area contributed by atoms with Crippen molar-refractivity contribution < 1.29 is 45.6 Å². The van der Waals surface area contributed by atoms with Gasteiger partial charge in [-0.1, -0.05) is 116 Å². The molecule has 6 rings (SSSR count). The van der Waals surface area contributed by atoms with Gasteiger partial charge in [-0.3, -0.25) is 0 Å². The van der Waals surface area contributed by atoms with E-state index < -0.39 is 12.3 Å². The smallest absolute Gasteiger partial charge is 0.429 e. The van der Waals surface area contributed by atoms with Crippen molar-refractivity contribution in [2.75, 3.05) is 21.3 Å². The van der Waals surface area contributed by atoms with E-state index in [4.69, 9.17) is 30.5 Å². The summed E-state index contributed by atoms with van der Waals surface area (Å²) in [6.45, 7) is 20.4. The van der Waals surface area contributed by atoms with Crippen molar-refractivity contribution in [1.82, 2.24) is 0 Å². The van der Waals surface area contributed by atoms with Gasteiger partial charge in [0.15, 0.2) is 11.5 Å². The van der Waals surface area contributed by atoms with Crippen LogP contribution in [-0.2, 0) is 6.42 Å². The van der Waals surface area contributed by atoms with Crippen molar-refractivity contribution in [3.63, 3.8) is 0 Å². The lowest BCUT2D eigenvalue weighted by Gasteiger charge is -2.18. The molecule has 0 N–H and O–H groups in total.